The highest BCUT2D eigenvalue weighted by molar-refractivity contribution is 8.76. The average molecular weight is 1570 g/mol. The van der Waals surface area contributed by atoms with Crippen molar-refractivity contribution >= 4 is 109 Å². The molecule has 592 valence electrons. The fourth-order valence-electron chi connectivity index (χ4n) is 11.6. The molecular formula is C74H99N13O19S3. The van der Waals surface area contributed by atoms with E-state index in [2.05, 4.69) is 57.6 Å². The number of nitrogens with two attached hydrogens (primary N) is 1. The minimum Gasteiger partial charge on any atom is -0.467 e. The Morgan fingerprint density at radius 3 is 1.79 bits per heavy atom. The van der Waals surface area contributed by atoms with E-state index in [1.165, 1.54) is 24.0 Å². The zero-order valence-electron chi connectivity index (χ0n) is 61.8. The number of fused-ring (bicyclic) bond motifs is 1. The number of methoxy groups -OCH3 is 1. The van der Waals surface area contributed by atoms with Gasteiger partial charge in [0.05, 0.1) is 51.4 Å². The number of alkyl carbamates (subject to hydrolysis) is 1. The number of sulfonamides is 1. The number of aliphatic imine (C=N–C) groups is 1. The fourth-order valence-corrected chi connectivity index (χ4v) is 14.9. The molecule has 35 heteroatoms. The third kappa shape index (κ3) is 29.6. The monoisotopic (exact) mass is 1570 g/mol. The molecule has 1 saturated carbocycles. The molecule has 0 radical (unpaired) electrons. The predicted octanol–water partition coefficient (Wildman–Crippen LogP) is 2.29. The maximum absolute atomic E-state index is 15.1. The molecule has 10 amide bonds. The lowest BCUT2D eigenvalue weighted by atomic mass is 9.98. The number of hydrogen-bond acceptors (Lipinski definition) is 22. The number of esters is 2. The van der Waals surface area contributed by atoms with E-state index in [1.807, 2.05) is 0 Å². The van der Waals surface area contributed by atoms with Crippen molar-refractivity contribution in [3.63, 3.8) is 0 Å². The molecule has 2 saturated heterocycles. The van der Waals surface area contributed by atoms with Crippen molar-refractivity contribution in [2.24, 2.45) is 10.7 Å². The smallest absolute Gasteiger partial charge is 0.408 e. The largest absolute Gasteiger partial charge is 0.467 e. The molecule has 4 aromatic carbocycles. The van der Waals surface area contributed by atoms with Gasteiger partial charge in [0.1, 0.15) is 66.1 Å². The molecule has 4 aromatic rings. The maximum Gasteiger partial charge on any atom is 0.408 e. The summed E-state index contributed by atoms with van der Waals surface area (Å²) in [5.74, 6) is -11.3. The summed E-state index contributed by atoms with van der Waals surface area (Å²) in [7, 11) is -1.27. The van der Waals surface area contributed by atoms with Crippen LogP contribution in [0.25, 0.3) is 0 Å². The molecule has 3 fully saturated rings. The average Bonchev–Trinajstić information content (AvgIpc) is 1.75. The molecule has 1 aliphatic carbocycles. The summed E-state index contributed by atoms with van der Waals surface area (Å²) in [5.41, 5.74) is 7.71. The quantitative estimate of drug-likeness (QED) is 0.0142. The van der Waals surface area contributed by atoms with Gasteiger partial charge in [0.2, 0.25) is 59.1 Å². The molecule has 3 aliphatic rings. The number of amides is 10. The Kier molecular flexibility index (Phi) is 34.4. The Balaban J connectivity index is 1.24. The van der Waals surface area contributed by atoms with E-state index in [9.17, 15) is 61.2 Å². The van der Waals surface area contributed by atoms with E-state index in [1.54, 1.807) is 131 Å². The second-order valence-electron chi connectivity index (χ2n) is 27.3. The summed E-state index contributed by atoms with van der Waals surface area (Å²) in [6.07, 6.45) is 1.13. The van der Waals surface area contributed by atoms with Gasteiger partial charge in [0.15, 0.2) is 0 Å². The summed E-state index contributed by atoms with van der Waals surface area (Å²) in [6.45, 7) is 5.65. The van der Waals surface area contributed by atoms with Crippen LogP contribution < -0.4 is 58.3 Å². The first-order valence-corrected chi connectivity index (χ1v) is 39.9. The van der Waals surface area contributed by atoms with Crippen LogP contribution in [0.2, 0.25) is 0 Å². The molecule has 2 aliphatic heterocycles. The first-order chi connectivity index (χ1) is 52.0. The first kappa shape index (κ1) is 86.4. The Bertz CT molecular complexity index is 3890. The second-order valence-corrected chi connectivity index (χ2v) is 31.6. The lowest BCUT2D eigenvalue weighted by Gasteiger charge is -2.30. The number of ether oxygens (including phenoxy) is 5. The number of benzene rings is 4. The van der Waals surface area contributed by atoms with Gasteiger partial charge in [0, 0.05) is 31.0 Å². The molecule has 0 spiro atoms. The zero-order valence-corrected chi connectivity index (χ0v) is 64.3. The molecule has 2 heterocycles. The molecule has 7 rings (SSSR count). The number of rotatable bonds is 21. The van der Waals surface area contributed by atoms with Crippen LogP contribution in [0.5, 0.6) is 0 Å². The minimum atomic E-state index is -4.19. The summed E-state index contributed by atoms with van der Waals surface area (Å²) in [4.78, 5) is 178. The van der Waals surface area contributed by atoms with E-state index in [0.717, 1.165) is 53.5 Å². The Labute approximate surface area is 641 Å². The number of guanidine groups is 1. The lowest BCUT2D eigenvalue weighted by Crippen LogP contribution is -2.60. The Hall–Kier alpha value is -9.84. The van der Waals surface area contributed by atoms with Gasteiger partial charge in [-0.1, -0.05) is 137 Å². The van der Waals surface area contributed by atoms with Crippen LogP contribution in [0.4, 0.5) is 4.79 Å². The van der Waals surface area contributed by atoms with Crippen LogP contribution >= 0.6 is 21.6 Å². The van der Waals surface area contributed by atoms with Gasteiger partial charge in [-0.25, -0.2) is 22.7 Å². The Morgan fingerprint density at radius 2 is 1.18 bits per heavy atom. The number of nitrogens with one attached hydrogen (secondary N) is 10. The van der Waals surface area contributed by atoms with Crippen molar-refractivity contribution < 1.29 is 89.6 Å². The third-order valence-corrected chi connectivity index (χ3v) is 21.1. The van der Waals surface area contributed by atoms with Gasteiger partial charge in [0.25, 0.3) is 10.0 Å². The highest BCUT2D eigenvalue weighted by Gasteiger charge is 2.41. The van der Waals surface area contributed by atoms with E-state index < -0.39 is 179 Å². The van der Waals surface area contributed by atoms with Gasteiger partial charge < -0.3 is 82.2 Å². The molecular weight excluding hydrogens is 1470 g/mol. The predicted molar refractivity (Wildman–Crippen MR) is 404 cm³/mol. The molecule has 12 N–H and O–H groups in total. The van der Waals surface area contributed by atoms with Crippen LogP contribution in [-0.4, -0.2) is 208 Å². The number of hydrogen-bond donors (Lipinski definition) is 11. The zero-order chi connectivity index (χ0) is 79.0. The van der Waals surface area contributed by atoms with Gasteiger partial charge >= 0.3 is 18.0 Å². The van der Waals surface area contributed by atoms with Crippen molar-refractivity contribution in [3.05, 3.63) is 138 Å². The van der Waals surface area contributed by atoms with E-state index in [0.29, 0.717) is 36.0 Å². The standard InChI is InChI=1S/C74H99N13O19S3/c1-46-31-33-52(34-32-46)109(100,101)86-72(75)76-35-19-29-53-64(91)77-39-61(88)79-54(38-62(89)105-51-27-17-10-18-28-51)65(92)81-55(37-48-21-11-7-12-22-48)70(97)87-36-20-30-60(87)69(96)78-47(2)63(90)82-56(42-103-40-49-23-13-8-14-24-49)66(93)83-57(43-104-41-50-25-15-9-16-26-50)67(94)84-59(71(98)102-6)45-108-107-44-58(68(95)80-53)85-73(99)106-74(3,4)5/h7-9,11-16,21-26,31-34,47,51,53-60H,10,17-20,27-30,35-45H2,1-6H3,(H,77,91)(H,78,96)(H,79,88)(H,80,95)(H,81,92)(H,82,90)(H,83,93)(H,84,94)(H,85,99)(H3,75,76,86)/t47-,53?,54?,55-,56-,57?,58-,59?,60-/m0/s1. The molecule has 0 aromatic heterocycles. The van der Waals surface area contributed by atoms with Crippen LogP contribution in [0.15, 0.2) is 125 Å². The van der Waals surface area contributed by atoms with Gasteiger partial charge in [-0.05, 0) is 115 Å². The van der Waals surface area contributed by atoms with Crippen molar-refractivity contribution in [2.75, 3.05) is 51.5 Å². The molecule has 4 unspecified atom stereocenters. The SMILES string of the molecule is COC(=O)C1CSSC[C@H](NC(=O)OC(C)(C)C)C(=O)NC(CCCN=C(N)NS(=O)(=O)c2ccc(C)cc2)C(=O)NCC(=O)NC(CC(=O)OC2CCCCC2)C(=O)N[C@@H](Cc2ccccc2)C(=O)N2CCC[C@H]2C(=O)N[C@@H](C)C(=O)N[C@@H](COCc2ccccc2)C(=O)NC(COCc2ccccc2)C(=O)N1. The topological polar surface area (TPSA) is 447 Å². The Morgan fingerprint density at radius 1 is 0.624 bits per heavy atom. The molecule has 109 heavy (non-hydrogen) atoms. The van der Waals surface area contributed by atoms with Gasteiger partial charge in [-0.15, -0.1) is 0 Å². The fraction of sp³-hybridized carbons (Fsp3) is 0.500. The normalized spacial score (nSPS) is 22.8. The number of nitrogens with zero attached hydrogens (tertiary/aromatic N) is 2. The summed E-state index contributed by atoms with van der Waals surface area (Å²) in [6, 6.07) is 18.6. The van der Waals surface area contributed by atoms with Crippen LogP contribution in [-0.2, 0) is 106 Å². The van der Waals surface area contributed by atoms with E-state index >= 15 is 4.79 Å². The number of carbonyl (C=O) groups excluding carboxylic acids is 12. The van der Waals surface area contributed by atoms with Crippen molar-refractivity contribution in [1.29, 1.82) is 0 Å². The van der Waals surface area contributed by atoms with Crippen molar-refractivity contribution in [1.82, 2.24) is 57.5 Å². The molecule has 32 nitrogen and oxygen atoms in total. The first-order valence-electron chi connectivity index (χ1n) is 35.9. The minimum absolute atomic E-state index is 0.00884. The van der Waals surface area contributed by atoms with Gasteiger partial charge in [-0.3, -0.25) is 52.9 Å². The highest BCUT2D eigenvalue weighted by Crippen LogP contribution is 2.26. The summed E-state index contributed by atoms with van der Waals surface area (Å²) < 4.78 is 56.9. The highest BCUT2D eigenvalue weighted by atomic mass is 33.1. The second kappa shape index (κ2) is 43.4. The van der Waals surface area contributed by atoms with Crippen molar-refractivity contribution in [2.45, 2.75) is 189 Å². The summed E-state index contributed by atoms with van der Waals surface area (Å²) in [5, 5.41) is 23.3. The van der Waals surface area contributed by atoms with Crippen LogP contribution in [0.1, 0.15) is 114 Å². The van der Waals surface area contributed by atoms with Gasteiger partial charge in [-0.2, -0.15) is 0 Å². The van der Waals surface area contributed by atoms with E-state index in [4.69, 9.17) is 29.4 Å². The lowest BCUT2D eigenvalue weighted by molar-refractivity contribution is -0.152. The summed E-state index contributed by atoms with van der Waals surface area (Å²) >= 11 is 0. The number of aryl methyl sites for hydroxylation is 1. The third-order valence-electron chi connectivity index (χ3n) is 17.3. The van der Waals surface area contributed by atoms with Crippen LogP contribution in [0.3, 0.4) is 0 Å². The van der Waals surface area contributed by atoms with Crippen molar-refractivity contribution in [3.8, 4) is 0 Å². The van der Waals surface area contributed by atoms with Crippen LogP contribution in [0, 0.1) is 6.92 Å². The molecule has 9 atom stereocenters. The molecule has 0 bridgehead atoms. The maximum atomic E-state index is 15.1. The number of carbonyl (C=O) groups is 12. The van der Waals surface area contributed by atoms with E-state index in [-0.39, 0.29) is 68.4 Å².